The average molecular weight is 445 g/mol. The smallest absolute Gasteiger partial charge is 0.290 e. The van der Waals surface area contributed by atoms with Gasteiger partial charge < -0.3 is 14.8 Å². The van der Waals surface area contributed by atoms with Crippen molar-refractivity contribution in [3.8, 4) is 0 Å². The van der Waals surface area contributed by atoms with Gasteiger partial charge in [-0.2, -0.15) is 0 Å². The summed E-state index contributed by atoms with van der Waals surface area (Å²) in [6.07, 6.45) is 0.818. The molecule has 3 heterocycles. The second kappa shape index (κ2) is 8.59. The van der Waals surface area contributed by atoms with Crippen molar-refractivity contribution in [1.82, 2.24) is 19.8 Å². The van der Waals surface area contributed by atoms with Crippen LogP contribution in [0.1, 0.15) is 50.8 Å². The predicted octanol–water partition coefficient (Wildman–Crippen LogP) is 4.63. The van der Waals surface area contributed by atoms with E-state index in [1.165, 1.54) is 0 Å². The number of carbonyl (C=O) groups is 2. The largest absolute Gasteiger partial charge is 0.344 e. The zero-order valence-electron chi connectivity index (χ0n) is 17.8. The minimum Gasteiger partial charge on any atom is -0.344 e. The van der Waals surface area contributed by atoms with E-state index >= 15 is 0 Å². The van der Waals surface area contributed by atoms with Crippen molar-refractivity contribution in [3.05, 3.63) is 87.9 Å². The highest BCUT2D eigenvalue weighted by Crippen LogP contribution is 2.25. The van der Waals surface area contributed by atoms with E-state index in [1.54, 1.807) is 17.4 Å². The molecule has 0 saturated carbocycles. The van der Waals surface area contributed by atoms with Crippen LogP contribution in [-0.4, -0.2) is 32.8 Å². The Kier molecular flexibility index (Phi) is 5.49. The number of nitrogens with one attached hydrogen (secondary N) is 1. The van der Waals surface area contributed by atoms with Gasteiger partial charge in [0.1, 0.15) is 0 Å². The van der Waals surface area contributed by atoms with Gasteiger partial charge in [0, 0.05) is 30.1 Å². The third kappa shape index (κ3) is 3.80. The Hall–Kier alpha value is -3.45. The minimum absolute atomic E-state index is 0.0125. The Morgan fingerprint density at radius 3 is 2.72 bits per heavy atom. The number of hydrogen-bond donors (Lipinski definition) is 1. The molecule has 4 aromatic rings. The van der Waals surface area contributed by atoms with E-state index in [9.17, 15) is 9.59 Å². The van der Waals surface area contributed by atoms with Gasteiger partial charge in [0.2, 0.25) is 0 Å². The molecule has 0 bridgehead atoms. The number of benzene rings is 2. The lowest BCUT2D eigenvalue weighted by atomic mass is 10.1. The molecule has 2 amide bonds. The number of thiophene rings is 1. The van der Waals surface area contributed by atoms with Gasteiger partial charge in [-0.3, -0.25) is 9.59 Å². The molecular weight excluding hydrogens is 420 g/mol. The molecular formula is C25H24N4O2S. The molecule has 0 aliphatic carbocycles. The van der Waals surface area contributed by atoms with Crippen LogP contribution >= 0.6 is 11.3 Å². The fourth-order valence-electron chi connectivity index (χ4n) is 4.18. The number of carbonyl (C=O) groups excluding carboxylic acids is 2. The minimum atomic E-state index is -0.129. The summed E-state index contributed by atoms with van der Waals surface area (Å²) in [5, 5.41) is 5.13. The van der Waals surface area contributed by atoms with Crippen LogP contribution in [0, 0.1) is 0 Å². The molecule has 0 spiro atoms. The van der Waals surface area contributed by atoms with E-state index in [1.807, 2.05) is 69.4 Å². The van der Waals surface area contributed by atoms with Crippen LogP contribution in [0.15, 0.2) is 66.0 Å². The number of nitrogens with zero attached hydrogens (tertiary/aromatic N) is 3. The first kappa shape index (κ1) is 20.5. The Morgan fingerprint density at radius 2 is 1.97 bits per heavy atom. The lowest BCUT2D eigenvalue weighted by molar-refractivity contribution is 0.0685. The maximum absolute atomic E-state index is 13.1. The normalized spacial score (nSPS) is 14.4. The van der Waals surface area contributed by atoms with Gasteiger partial charge in [-0.15, -0.1) is 11.3 Å². The second-order valence-corrected chi connectivity index (χ2v) is 8.93. The SMILES string of the molecule is CC[C@H](NC(=O)c1ccc2c(c1)nc1n2CCN(Cc2ccccc2)C1=O)c1cccs1. The van der Waals surface area contributed by atoms with Crippen LogP contribution in [-0.2, 0) is 13.1 Å². The van der Waals surface area contributed by atoms with Crippen molar-refractivity contribution in [3.63, 3.8) is 0 Å². The third-order valence-electron chi connectivity index (χ3n) is 5.90. The van der Waals surface area contributed by atoms with Gasteiger partial charge in [0.25, 0.3) is 11.8 Å². The van der Waals surface area contributed by atoms with Crippen molar-refractivity contribution >= 4 is 34.2 Å². The van der Waals surface area contributed by atoms with E-state index in [0.29, 0.717) is 36.5 Å². The summed E-state index contributed by atoms with van der Waals surface area (Å²) in [7, 11) is 0. The zero-order chi connectivity index (χ0) is 22.1. The highest BCUT2D eigenvalue weighted by atomic mass is 32.1. The molecule has 162 valence electrons. The Morgan fingerprint density at radius 1 is 1.12 bits per heavy atom. The van der Waals surface area contributed by atoms with Gasteiger partial charge in [-0.1, -0.05) is 43.3 Å². The number of rotatable bonds is 6. The lowest BCUT2D eigenvalue weighted by Crippen LogP contribution is -2.39. The van der Waals surface area contributed by atoms with Gasteiger partial charge in [-0.05, 0) is 41.6 Å². The van der Waals surface area contributed by atoms with E-state index < -0.39 is 0 Å². The lowest BCUT2D eigenvalue weighted by Gasteiger charge is -2.27. The van der Waals surface area contributed by atoms with Crippen LogP contribution in [0.5, 0.6) is 0 Å². The van der Waals surface area contributed by atoms with Crippen LogP contribution in [0.25, 0.3) is 11.0 Å². The molecule has 1 aliphatic heterocycles. The molecule has 32 heavy (non-hydrogen) atoms. The summed E-state index contributed by atoms with van der Waals surface area (Å²) in [5.74, 6) is 0.228. The molecule has 1 N–H and O–H groups in total. The maximum atomic E-state index is 13.1. The molecule has 5 rings (SSSR count). The van der Waals surface area contributed by atoms with Crippen molar-refractivity contribution in [2.75, 3.05) is 6.54 Å². The average Bonchev–Trinajstić information content (AvgIpc) is 3.48. The summed E-state index contributed by atoms with van der Waals surface area (Å²) >= 11 is 1.64. The quantitative estimate of drug-likeness (QED) is 0.471. The fourth-order valence-corrected chi connectivity index (χ4v) is 5.05. The second-order valence-electron chi connectivity index (χ2n) is 7.95. The fraction of sp³-hybridized carbons (Fsp3) is 0.240. The van der Waals surface area contributed by atoms with Crippen LogP contribution < -0.4 is 5.32 Å². The number of fused-ring (bicyclic) bond motifs is 3. The number of aromatic nitrogens is 2. The number of imidazole rings is 1. The van der Waals surface area contributed by atoms with Gasteiger partial charge in [-0.25, -0.2) is 4.98 Å². The van der Waals surface area contributed by atoms with Gasteiger partial charge in [0.15, 0.2) is 5.82 Å². The first-order chi connectivity index (χ1) is 15.6. The molecule has 0 fully saturated rings. The van der Waals surface area contributed by atoms with Crippen LogP contribution in [0.3, 0.4) is 0 Å². The predicted molar refractivity (Wildman–Crippen MR) is 126 cm³/mol. The van der Waals surface area contributed by atoms with E-state index in [2.05, 4.69) is 17.2 Å². The van der Waals surface area contributed by atoms with Gasteiger partial charge >= 0.3 is 0 Å². The Bertz CT molecular complexity index is 1260. The highest BCUT2D eigenvalue weighted by Gasteiger charge is 2.28. The summed E-state index contributed by atoms with van der Waals surface area (Å²) in [6.45, 7) is 3.95. The van der Waals surface area contributed by atoms with E-state index in [4.69, 9.17) is 0 Å². The van der Waals surface area contributed by atoms with Crippen LogP contribution in [0.4, 0.5) is 0 Å². The maximum Gasteiger partial charge on any atom is 0.290 e. The highest BCUT2D eigenvalue weighted by molar-refractivity contribution is 7.10. The monoisotopic (exact) mass is 444 g/mol. The Labute approximate surface area is 190 Å². The molecule has 7 heteroatoms. The first-order valence-corrected chi connectivity index (χ1v) is 11.7. The summed E-state index contributed by atoms with van der Waals surface area (Å²) < 4.78 is 1.96. The number of amides is 2. The van der Waals surface area contributed by atoms with E-state index in [0.717, 1.165) is 22.4 Å². The molecule has 6 nitrogen and oxygen atoms in total. The molecule has 0 radical (unpaired) electrons. The summed E-state index contributed by atoms with van der Waals surface area (Å²) in [6, 6.07) is 19.5. The standard InChI is InChI=1S/C25H24N4O2S/c1-2-19(22-9-6-14-32-22)27-24(30)18-10-11-21-20(15-18)26-23-25(31)28(12-13-29(21)23)16-17-7-4-3-5-8-17/h3-11,14-15,19H,2,12-13,16H2,1H3,(H,27,30)/t19-/m0/s1. The molecule has 2 aromatic carbocycles. The molecule has 1 atom stereocenters. The molecule has 0 unspecified atom stereocenters. The van der Waals surface area contributed by atoms with Crippen molar-refractivity contribution in [1.29, 1.82) is 0 Å². The third-order valence-corrected chi connectivity index (χ3v) is 6.88. The van der Waals surface area contributed by atoms with Crippen molar-refractivity contribution in [2.45, 2.75) is 32.5 Å². The van der Waals surface area contributed by atoms with Gasteiger partial charge in [0.05, 0.1) is 17.1 Å². The molecule has 1 aliphatic rings. The van der Waals surface area contributed by atoms with Crippen LogP contribution in [0.2, 0.25) is 0 Å². The summed E-state index contributed by atoms with van der Waals surface area (Å²) in [4.78, 5) is 33.6. The summed E-state index contributed by atoms with van der Waals surface area (Å²) in [5.41, 5.74) is 3.21. The molecule has 2 aromatic heterocycles. The number of hydrogen-bond acceptors (Lipinski definition) is 4. The molecule has 0 saturated heterocycles. The van der Waals surface area contributed by atoms with E-state index in [-0.39, 0.29) is 17.9 Å². The Balaban J connectivity index is 1.38. The van der Waals surface area contributed by atoms with Crippen molar-refractivity contribution in [2.24, 2.45) is 0 Å². The zero-order valence-corrected chi connectivity index (χ0v) is 18.6. The van der Waals surface area contributed by atoms with Crippen molar-refractivity contribution < 1.29 is 9.59 Å². The first-order valence-electron chi connectivity index (χ1n) is 10.8. The topological polar surface area (TPSA) is 67.2 Å².